The number of rotatable bonds is 9. The van der Waals surface area contributed by atoms with Crippen LogP contribution in [-0.2, 0) is 24.4 Å². The Balaban J connectivity index is 1.94. The average molecular weight is 452 g/mol. The van der Waals surface area contributed by atoms with Gasteiger partial charge in [0.2, 0.25) is 0 Å². The van der Waals surface area contributed by atoms with Gasteiger partial charge in [0.25, 0.3) is 5.91 Å². The third-order valence-corrected chi connectivity index (χ3v) is 4.35. The van der Waals surface area contributed by atoms with Gasteiger partial charge in [-0.2, -0.15) is 13.9 Å². The molecule has 0 atom stereocenters. The summed E-state index contributed by atoms with van der Waals surface area (Å²) in [5, 5.41) is 6.90. The molecule has 0 aliphatic rings. The molecule has 0 aliphatic carbocycles. The van der Waals surface area contributed by atoms with Crippen molar-refractivity contribution < 1.29 is 27.1 Å². The highest BCUT2D eigenvalue weighted by molar-refractivity contribution is 9.10. The third kappa shape index (κ3) is 5.77. The van der Waals surface area contributed by atoms with Gasteiger partial charge in [0, 0.05) is 12.1 Å². The van der Waals surface area contributed by atoms with Crippen molar-refractivity contribution in [2.24, 2.45) is 0 Å². The number of alkyl halides is 4. The van der Waals surface area contributed by atoms with Crippen LogP contribution in [-0.4, -0.2) is 34.6 Å². The Hall–Kier alpha value is -1.94. The first kappa shape index (κ1) is 21.4. The Morgan fingerprint density at radius 2 is 2.15 bits per heavy atom. The highest BCUT2D eigenvalue weighted by Crippen LogP contribution is 2.23. The van der Waals surface area contributed by atoms with Gasteiger partial charge in [-0.3, -0.25) is 9.48 Å². The number of aryl methyl sites for hydroxylation is 1. The number of amides is 1. The van der Waals surface area contributed by atoms with E-state index in [1.165, 1.54) is 6.07 Å². The average Bonchev–Trinajstić information content (AvgIpc) is 2.99. The van der Waals surface area contributed by atoms with E-state index in [4.69, 9.17) is 0 Å². The Morgan fingerprint density at radius 3 is 2.81 bits per heavy atom. The predicted molar refractivity (Wildman–Crippen MR) is 93.8 cm³/mol. The number of carbonyl (C=O) groups is 1. The maximum Gasteiger partial charge on any atom is 0.330 e. The van der Waals surface area contributed by atoms with Crippen LogP contribution in [0.25, 0.3) is 0 Å². The van der Waals surface area contributed by atoms with Gasteiger partial charge in [0.15, 0.2) is 0 Å². The van der Waals surface area contributed by atoms with Crippen molar-refractivity contribution >= 4 is 21.8 Å². The Morgan fingerprint density at radius 1 is 1.41 bits per heavy atom. The number of aromatic nitrogens is 2. The molecule has 0 bridgehead atoms. The van der Waals surface area contributed by atoms with E-state index in [0.29, 0.717) is 17.7 Å². The molecule has 148 valence electrons. The Bertz CT molecular complexity index is 783. The van der Waals surface area contributed by atoms with Crippen LogP contribution in [0.15, 0.2) is 34.9 Å². The monoisotopic (exact) mass is 451 g/mol. The maximum atomic E-state index is 12.8. The van der Waals surface area contributed by atoms with Gasteiger partial charge in [-0.05, 0) is 40.5 Å². The van der Waals surface area contributed by atoms with E-state index in [2.05, 4.69) is 31.1 Å². The van der Waals surface area contributed by atoms with Crippen molar-refractivity contribution in [3.63, 3.8) is 0 Å². The van der Waals surface area contributed by atoms with Crippen LogP contribution in [0.1, 0.15) is 28.5 Å². The molecule has 1 aromatic heterocycles. The summed E-state index contributed by atoms with van der Waals surface area (Å²) in [6, 6.07) is 6.13. The molecule has 1 heterocycles. The summed E-state index contributed by atoms with van der Waals surface area (Å²) < 4.78 is 57.0. The zero-order valence-corrected chi connectivity index (χ0v) is 16.0. The second-order valence-corrected chi connectivity index (χ2v) is 6.55. The number of carbonyl (C=O) groups excluding carboxylic acids is 1. The van der Waals surface area contributed by atoms with Crippen LogP contribution in [0.2, 0.25) is 0 Å². The van der Waals surface area contributed by atoms with E-state index < -0.39 is 19.0 Å². The van der Waals surface area contributed by atoms with Gasteiger partial charge in [0.05, 0.1) is 29.5 Å². The summed E-state index contributed by atoms with van der Waals surface area (Å²) in [7, 11) is 0. The fraction of sp³-hybridized carbons (Fsp3) is 0.412. The topological polar surface area (TPSA) is 56.2 Å². The minimum absolute atomic E-state index is 0.245. The molecule has 0 saturated carbocycles. The van der Waals surface area contributed by atoms with Crippen LogP contribution in [0.4, 0.5) is 17.6 Å². The van der Waals surface area contributed by atoms with Crippen molar-refractivity contribution in [1.29, 1.82) is 0 Å². The molecule has 0 fully saturated rings. The fourth-order valence-electron chi connectivity index (χ4n) is 2.27. The van der Waals surface area contributed by atoms with E-state index in [-0.39, 0.29) is 19.1 Å². The lowest BCUT2D eigenvalue weighted by Gasteiger charge is -2.15. The summed E-state index contributed by atoms with van der Waals surface area (Å²) in [4.78, 5) is 12.3. The first-order valence-electron chi connectivity index (χ1n) is 8.05. The number of halogens is 5. The summed E-state index contributed by atoms with van der Waals surface area (Å²) in [6.07, 6.45) is -2.15. The van der Waals surface area contributed by atoms with Crippen molar-refractivity contribution in [2.75, 3.05) is 6.61 Å². The van der Waals surface area contributed by atoms with E-state index in [1.54, 1.807) is 29.1 Å². The number of nitrogens with zero attached hydrogens (tertiary/aromatic N) is 2. The second-order valence-electron chi connectivity index (χ2n) is 5.69. The molecule has 1 N–H and O–H groups in total. The van der Waals surface area contributed by atoms with Crippen molar-refractivity contribution in [3.8, 4) is 0 Å². The molecule has 0 saturated heterocycles. The van der Waals surface area contributed by atoms with E-state index in [9.17, 15) is 22.4 Å². The number of nitrogens with one attached hydrogen (secondary N) is 1. The van der Waals surface area contributed by atoms with Gasteiger partial charge in [-0.25, -0.2) is 8.78 Å². The lowest BCUT2D eigenvalue weighted by Crippen LogP contribution is -2.32. The van der Waals surface area contributed by atoms with E-state index in [0.717, 1.165) is 10.2 Å². The molecule has 0 radical (unpaired) electrons. The molecule has 2 rings (SSSR count). The highest BCUT2D eigenvalue weighted by Gasteiger charge is 2.40. The van der Waals surface area contributed by atoms with E-state index >= 15 is 0 Å². The van der Waals surface area contributed by atoms with Gasteiger partial charge < -0.3 is 10.1 Å². The largest absolute Gasteiger partial charge is 0.370 e. The molecular formula is C17H18BrF4N3O2. The number of hydrogen-bond donors (Lipinski definition) is 1. The SMILES string of the molecule is CCn1ncc(Br)c1CNC(=O)c1cccc(COCC(F)(F)C(F)F)c1. The predicted octanol–water partition coefficient (Wildman–Crippen LogP) is 4.01. The molecule has 27 heavy (non-hydrogen) atoms. The minimum atomic E-state index is -4.20. The van der Waals surface area contributed by atoms with Gasteiger partial charge in [-0.1, -0.05) is 12.1 Å². The first-order valence-corrected chi connectivity index (χ1v) is 8.85. The van der Waals surface area contributed by atoms with Crippen LogP contribution >= 0.6 is 15.9 Å². The highest BCUT2D eigenvalue weighted by atomic mass is 79.9. The van der Waals surface area contributed by atoms with Crippen LogP contribution in [0.5, 0.6) is 0 Å². The molecule has 1 amide bonds. The van der Waals surface area contributed by atoms with E-state index in [1.807, 2.05) is 6.92 Å². The lowest BCUT2D eigenvalue weighted by atomic mass is 10.1. The van der Waals surface area contributed by atoms with Crippen LogP contribution in [0.3, 0.4) is 0 Å². The fourth-order valence-corrected chi connectivity index (χ4v) is 2.71. The van der Waals surface area contributed by atoms with Gasteiger partial charge >= 0.3 is 12.3 Å². The Kier molecular flexibility index (Phi) is 7.37. The number of hydrogen-bond acceptors (Lipinski definition) is 3. The molecule has 0 unspecified atom stereocenters. The van der Waals surface area contributed by atoms with Crippen molar-refractivity contribution in [2.45, 2.75) is 39.0 Å². The standard InChI is InChI=1S/C17H18BrF4N3O2/c1-2-25-14(13(18)7-24-25)8-23-15(26)12-5-3-4-11(6-12)9-27-10-17(21,22)16(19)20/h3-7,16H,2,8-10H2,1H3,(H,23,26). The van der Waals surface area contributed by atoms with Crippen molar-refractivity contribution in [1.82, 2.24) is 15.1 Å². The number of benzene rings is 1. The zero-order valence-electron chi connectivity index (χ0n) is 14.4. The molecular weight excluding hydrogens is 434 g/mol. The van der Waals surface area contributed by atoms with Crippen molar-refractivity contribution in [3.05, 3.63) is 51.8 Å². The molecule has 0 aliphatic heterocycles. The minimum Gasteiger partial charge on any atom is -0.370 e. The van der Waals surface area contributed by atoms with Crippen LogP contribution < -0.4 is 5.32 Å². The zero-order chi connectivity index (χ0) is 20.0. The molecule has 0 spiro atoms. The molecule has 10 heteroatoms. The summed E-state index contributed by atoms with van der Waals surface area (Å²) in [5.41, 5.74) is 1.53. The smallest absolute Gasteiger partial charge is 0.330 e. The summed E-state index contributed by atoms with van der Waals surface area (Å²) in [6.45, 7) is 1.11. The summed E-state index contributed by atoms with van der Waals surface area (Å²) in [5.74, 6) is -4.57. The lowest BCUT2D eigenvalue weighted by molar-refractivity contribution is -0.168. The second kappa shape index (κ2) is 9.32. The normalized spacial score (nSPS) is 11.8. The number of ether oxygens (including phenoxy) is 1. The van der Waals surface area contributed by atoms with Gasteiger partial charge in [0.1, 0.15) is 6.61 Å². The molecule has 2 aromatic rings. The summed E-state index contributed by atoms with van der Waals surface area (Å²) >= 11 is 3.36. The molecule has 5 nitrogen and oxygen atoms in total. The third-order valence-electron chi connectivity index (χ3n) is 3.69. The maximum absolute atomic E-state index is 12.8. The van der Waals surface area contributed by atoms with Gasteiger partial charge in [-0.15, -0.1) is 0 Å². The molecule has 1 aromatic carbocycles. The first-order chi connectivity index (χ1) is 12.7. The quantitative estimate of drug-likeness (QED) is 0.586. The Labute approximate surface area is 161 Å². The van der Waals surface area contributed by atoms with Crippen LogP contribution in [0, 0.1) is 0 Å².